The molecular weight excluding hydrogens is 180 g/mol. The van der Waals surface area contributed by atoms with Gasteiger partial charge in [0.05, 0.1) is 0 Å². The normalized spacial score (nSPS) is 25.4. The molecule has 1 aliphatic heterocycles. The van der Waals surface area contributed by atoms with Gasteiger partial charge in [0.15, 0.2) is 0 Å². The molecule has 0 radical (unpaired) electrons. The summed E-state index contributed by atoms with van der Waals surface area (Å²) in [7, 11) is 2.28. The first-order valence-corrected chi connectivity index (χ1v) is 6.60. The fourth-order valence-electron chi connectivity index (χ4n) is 2.00. The Kier molecular flexibility index (Phi) is 5.14. The maximum Gasteiger partial charge on any atom is 0.0232 e. The van der Waals surface area contributed by atoms with Crippen LogP contribution in [0.2, 0.25) is 0 Å². The standard InChI is InChI=1S/C10H22N2S/c1-4-9(8-13-3)12(2)10-5-6-11-7-10/h9-11H,4-8H2,1-3H3. The van der Waals surface area contributed by atoms with E-state index in [1.54, 1.807) is 0 Å². The Morgan fingerprint density at radius 3 is 2.85 bits per heavy atom. The molecule has 0 saturated carbocycles. The summed E-state index contributed by atoms with van der Waals surface area (Å²) in [6.07, 6.45) is 4.79. The first-order valence-electron chi connectivity index (χ1n) is 5.21. The van der Waals surface area contributed by atoms with Gasteiger partial charge in [-0.1, -0.05) is 6.92 Å². The maximum atomic E-state index is 3.43. The second-order valence-corrected chi connectivity index (χ2v) is 4.74. The minimum absolute atomic E-state index is 0.764. The minimum atomic E-state index is 0.764. The molecule has 13 heavy (non-hydrogen) atoms. The number of rotatable bonds is 5. The molecule has 1 rings (SSSR count). The molecule has 1 fully saturated rings. The number of nitrogens with one attached hydrogen (secondary N) is 1. The Balaban J connectivity index is 2.37. The summed E-state index contributed by atoms with van der Waals surface area (Å²) in [5, 5.41) is 3.43. The lowest BCUT2D eigenvalue weighted by Gasteiger charge is -2.31. The van der Waals surface area contributed by atoms with Crippen LogP contribution in [0.25, 0.3) is 0 Å². The summed E-state index contributed by atoms with van der Waals surface area (Å²) in [4.78, 5) is 2.57. The Labute approximate surface area is 86.5 Å². The maximum absolute atomic E-state index is 3.43. The van der Waals surface area contributed by atoms with Crippen LogP contribution in [0.3, 0.4) is 0 Å². The van der Waals surface area contributed by atoms with Gasteiger partial charge in [-0.3, -0.25) is 4.90 Å². The van der Waals surface area contributed by atoms with Crippen LogP contribution in [0, 0.1) is 0 Å². The first kappa shape index (κ1) is 11.3. The van der Waals surface area contributed by atoms with E-state index in [-0.39, 0.29) is 0 Å². The highest BCUT2D eigenvalue weighted by Gasteiger charge is 2.23. The lowest BCUT2D eigenvalue weighted by Crippen LogP contribution is -2.42. The van der Waals surface area contributed by atoms with E-state index in [9.17, 15) is 0 Å². The highest BCUT2D eigenvalue weighted by molar-refractivity contribution is 7.98. The third-order valence-electron chi connectivity index (χ3n) is 3.02. The lowest BCUT2D eigenvalue weighted by molar-refractivity contribution is 0.194. The smallest absolute Gasteiger partial charge is 0.0232 e. The van der Waals surface area contributed by atoms with Crippen molar-refractivity contribution in [3.05, 3.63) is 0 Å². The van der Waals surface area contributed by atoms with Crippen LogP contribution in [0.5, 0.6) is 0 Å². The molecular formula is C10H22N2S. The molecule has 0 spiro atoms. The molecule has 0 amide bonds. The van der Waals surface area contributed by atoms with Gasteiger partial charge in [0.1, 0.15) is 0 Å². The number of likely N-dealkylation sites (N-methyl/N-ethyl adjacent to an activating group) is 1. The van der Waals surface area contributed by atoms with Gasteiger partial charge in [-0.2, -0.15) is 11.8 Å². The van der Waals surface area contributed by atoms with Crippen molar-refractivity contribution in [2.24, 2.45) is 0 Å². The molecule has 1 aliphatic rings. The van der Waals surface area contributed by atoms with Crippen LogP contribution in [0.1, 0.15) is 19.8 Å². The van der Waals surface area contributed by atoms with Gasteiger partial charge < -0.3 is 5.32 Å². The Bertz CT molecular complexity index is 135. The van der Waals surface area contributed by atoms with Crippen molar-refractivity contribution in [1.29, 1.82) is 0 Å². The second-order valence-electron chi connectivity index (χ2n) is 3.83. The average molecular weight is 202 g/mol. The molecule has 1 heterocycles. The van der Waals surface area contributed by atoms with Gasteiger partial charge in [0.25, 0.3) is 0 Å². The molecule has 1 N–H and O–H groups in total. The van der Waals surface area contributed by atoms with Crippen LogP contribution < -0.4 is 5.32 Å². The summed E-state index contributed by atoms with van der Waals surface area (Å²) in [6.45, 7) is 4.67. The number of hydrogen-bond donors (Lipinski definition) is 1. The molecule has 78 valence electrons. The van der Waals surface area contributed by atoms with Gasteiger partial charge in [-0.25, -0.2) is 0 Å². The van der Waals surface area contributed by atoms with E-state index in [0.29, 0.717) is 0 Å². The van der Waals surface area contributed by atoms with Crippen molar-refractivity contribution in [2.45, 2.75) is 31.8 Å². The Hall–Kier alpha value is 0.270. The van der Waals surface area contributed by atoms with E-state index in [1.165, 1.54) is 31.7 Å². The van der Waals surface area contributed by atoms with Crippen molar-refractivity contribution in [2.75, 3.05) is 32.1 Å². The summed E-state index contributed by atoms with van der Waals surface area (Å²) in [6, 6.07) is 1.54. The molecule has 0 aromatic rings. The van der Waals surface area contributed by atoms with Crippen LogP contribution in [-0.4, -0.2) is 49.1 Å². The highest BCUT2D eigenvalue weighted by atomic mass is 32.2. The largest absolute Gasteiger partial charge is 0.315 e. The second kappa shape index (κ2) is 5.89. The van der Waals surface area contributed by atoms with Crippen molar-refractivity contribution in [1.82, 2.24) is 10.2 Å². The molecule has 2 atom stereocenters. The van der Waals surface area contributed by atoms with Crippen LogP contribution in [-0.2, 0) is 0 Å². The summed E-state index contributed by atoms with van der Waals surface area (Å²) >= 11 is 1.96. The van der Waals surface area contributed by atoms with Gasteiger partial charge in [-0.05, 0) is 32.7 Å². The fourth-order valence-corrected chi connectivity index (χ4v) is 2.86. The van der Waals surface area contributed by atoms with Crippen LogP contribution >= 0.6 is 11.8 Å². The van der Waals surface area contributed by atoms with Gasteiger partial charge >= 0.3 is 0 Å². The molecule has 0 aromatic carbocycles. The van der Waals surface area contributed by atoms with Gasteiger partial charge in [0.2, 0.25) is 0 Å². The molecule has 0 aliphatic carbocycles. The predicted octanol–water partition coefficient (Wildman–Crippen LogP) is 1.42. The molecule has 0 aromatic heterocycles. The fraction of sp³-hybridized carbons (Fsp3) is 1.00. The van der Waals surface area contributed by atoms with E-state index in [1.807, 2.05) is 11.8 Å². The summed E-state index contributed by atoms with van der Waals surface area (Å²) in [5.41, 5.74) is 0. The molecule has 1 saturated heterocycles. The van der Waals surface area contributed by atoms with E-state index < -0.39 is 0 Å². The summed E-state index contributed by atoms with van der Waals surface area (Å²) in [5.74, 6) is 1.27. The summed E-state index contributed by atoms with van der Waals surface area (Å²) < 4.78 is 0. The third-order valence-corrected chi connectivity index (χ3v) is 3.73. The zero-order chi connectivity index (χ0) is 9.68. The molecule has 2 nitrogen and oxygen atoms in total. The van der Waals surface area contributed by atoms with E-state index >= 15 is 0 Å². The number of nitrogens with zero attached hydrogens (tertiary/aromatic N) is 1. The van der Waals surface area contributed by atoms with Crippen molar-refractivity contribution in [3.63, 3.8) is 0 Å². The lowest BCUT2D eigenvalue weighted by atomic mass is 10.1. The van der Waals surface area contributed by atoms with Crippen molar-refractivity contribution >= 4 is 11.8 Å². The zero-order valence-corrected chi connectivity index (χ0v) is 9.86. The molecule has 0 bridgehead atoms. The van der Waals surface area contributed by atoms with Crippen molar-refractivity contribution in [3.8, 4) is 0 Å². The van der Waals surface area contributed by atoms with E-state index in [0.717, 1.165) is 12.1 Å². The number of hydrogen-bond acceptors (Lipinski definition) is 3. The van der Waals surface area contributed by atoms with Crippen molar-refractivity contribution < 1.29 is 0 Å². The SMILES string of the molecule is CCC(CSC)N(C)C1CCNC1. The van der Waals surface area contributed by atoms with E-state index in [4.69, 9.17) is 0 Å². The minimum Gasteiger partial charge on any atom is -0.315 e. The Morgan fingerprint density at radius 2 is 2.38 bits per heavy atom. The van der Waals surface area contributed by atoms with Crippen LogP contribution in [0.4, 0.5) is 0 Å². The predicted molar refractivity (Wildman–Crippen MR) is 61.5 cm³/mol. The molecule has 2 unspecified atom stereocenters. The van der Waals surface area contributed by atoms with Crippen LogP contribution in [0.15, 0.2) is 0 Å². The van der Waals surface area contributed by atoms with Gasteiger partial charge in [0, 0.05) is 24.4 Å². The van der Waals surface area contributed by atoms with E-state index in [2.05, 4.69) is 30.4 Å². The first-order chi connectivity index (χ1) is 6.29. The topological polar surface area (TPSA) is 15.3 Å². The highest BCUT2D eigenvalue weighted by Crippen LogP contribution is 2.15. The molecule has 3 heteroatoms. The Morgan fingerprint density at radius 1 is 1.62 bits per heavy atom. The van der Waals surface area contributed by atoms with Gasteiger partial charge in [-0.15, -0.1) is 0 Å². The number of thioether (sulfide) groups is 1. The third kappa shape index (κ3) is 3.15. The monoisotopic (exact) mass is 202 g/mol. The quantitative estimate of drug-likeness (QED) is 0.726. The zero-order valence-electron chi connectivity index (χ0n) is 9.05. The average Bonchev–Trinajstić information content (AvgIpc) is 2.65.